The topological polar surface area (TPSA) is 88.4 Å². The molecule has 0 fully saturated rings. The van der Waals surface area contributed by atoms with Gasteiger partial charge in [0.1, 0.15) is 11.3 Å². The lowest BCUT2D eigenvalue weighted by Crippen LogP contribution is -2.14. The highest BCUT2D eigenvalue weighted by atomic mass is 16.5. The molecule has 0 aromatic carbocycles. The van der Waals surface area contributed by atoms with Gasteiger partial charge in [0, 0.05) is 26.5 Å². The molecule has 0 unspecified atom stereocenters. The summed E-state index contributed by atoms with van der Waals surface area (Å²) in [6.45, 7) is 5.03. The number of carbonyl (C=O) groups is 2. The number of hydrogen-bond donors (Lipinski definition) is 1. The van der Waals surface area contributed by atoms with Crippen LogP contribution < -0.4 is 0 Å². The molecule has 0 radical (unpaired) electrons. The second-order valence-electron chi connectivity index (χ2n) is 4.18. The average molecular weight is 298 g/mol. The number of aliphatic hydroxyl groups excluding tert-OH is 1. The molecule has 1 N–H and O–H groups in total. The molecule has 0 aliphatic rings. The zero-order valence-electron chi connectivity index (χ0n) is 13.0. The molecule has 0 bridgehead atoms. The maximum Gasteiger partial charge on any atom is 0.358 e. The Morgan fingerprint density at radius 2 is 1.67 bits per heavy atom. The van der Waals surface area contributed by atoms with Crippen LogP contribution in [-0.4, -0.2) is 55.5 Å². The molecular formula is C14H22N2O5. The SMILES string of the molecule is CCOC(=O)C(=C\N(C)C)/N=C/C(C(=O)OCC)=C(/C)O. The van der Waals surface area contributed by atoms with Crippen LogP contribution in [0, 0.1) is 0 Å². The summed E-state index contributed by atoms with van der Waals surface area (Å²) in [4.78, 5) is 28.9. The maximum absolute atomic E-state index is 11.7. The zero-order chi connectivity index (χ0) is 16.4. The highest BCUT2D eigenvalue weighted by Crippen LogP contribution is 2.06. The van der Waals surface area contributed by atoms with Crippen LogP contribution in [0.3, 0.4) is 0 Å². The van der Waals surface area contributed by atoms with Crippen LogP contribution in [0.4, 0.5) is 0 Å². The summed E-state index contributed by atoms with van der Waals surface area (Å²) in [5.74, 6) is -1.58. The molecular weight excluding hydrogens is 276 g/mol. The summed E-state index contributed by atoms with van der Waals surface area (Å²) in [5.41, 5.74) is -0.115. The van der Waals surface area contributed by atoms with Crippen molar-refractivity contribution in [1.29, 1.82) is 0 Å². The first-order chi connectivity index (χ1) is 9.83. The number of allylic oxidation sites excluding steroid dienone is 1. The van der Waals surface area contributed by atoms with Crippen molar-refractivity contribution < 1.29 is 24.2 Å². The van der Waals surface area contributed by atoms with E-state index in [1.165, 1.54) is 13.1 Å². The lowest BCUT2D eigenvalue weighted by Gasteiger charge is -2.08. The molecule has 0 atom stereocenters. The van der Waals surface area contributed by atoms with Gasteiger partial charge in [-0.25, -0.2) is 14.6 Å². The Balaban J connectivity index is 5.35. The first-order valence-corrected chi connectivity index (χ1v) is 6.49. The van der Waals surface area contributed by atoms with Gasteiger partial charge in [-0.3, -0.25) is 0 Å². The molecule has 0 spiro atoms. The Bertz CT molecular complexity index is 460. The van der Waals surface area contributed by atoms with Gasteiger partial charge in [0.2, 0.25) is 0 Å². The minimum absolute atomic E-state index is 0.00454. The van der Waals surface area contributed by atoms with Crippen LogP contribution >= 0.6 is 0 Å². The fourth-order valence-electron chi connectivity index (χ4n) is 1.23. The van der Waals surface area contributed by atoms with Gasteiger partial charge >= 0.3 is 11.9 Å². The van der Waals surface area contributed by atoms with E-state index >= 15 is 0 Å². The molecule has 7 nitrogen and oxygen atoms in total. The van der Waals surface area contributed by atoms with E-state index in [4.69, 9.17) is 9.47 Å². The largest absolute Gasteiger partial charge is 0.512 e. The van der Waals surface area contributed by atoms with Crippen molar-refractivity contribution in [3.63, 3.8) is 0 Å². The summed E-state index contributed by atoms with van der Waals surface area (Å²) >= 11 is 0. The molecule has 0 heterocycles. The standard InChI is InChI=1S/C14H22N2O5/c1-6-20-13(18)11(10(3)17)8-15-12(9-16(4)5)14(19)21-7-2/h8-9,17H,6-7H2,1-5H3/b11-10+,12-9+,15-8+. The lowest BCUT2D eigenvalue weighted by molar-refractivity contribution is -0.139. The predicted molar refractivity (Wildman–Crippen MR) is 78.9 cm³/mol. The molecule has 0 aromatic rings. The second kappa shape index (κ2) is 9.57. The molecule has 0 aliphatic heterocycles. The quantitative estimate of drug-likeness (QED) is 0.331. The zero-order valence-corrected chi connectivity index (χ0v) is 13.0. The molecule has 0 saturated heterocycles. The minimum atomic E-state index is -0.714. The molecule has 118 valence electrons. The average Bonchev–Trinajstić information content (AvgIpc) is 2.37. The Kier molecular flexibility index (Phi) is 8.52. The Labute approximate surface area is 124 Å². The van der Waals surface area contributed by atoms with Crippen LogP contribution in [0.2, 0.25) is 0 Å². The van der Waals surface area contributed by atoms with E-state index in [0.29, 0.717) is 0 Å². The van der Waals surface area contributed by atoms with E-state index in [9.17, 15) is 14.7 Å². The molecule has 0 aromatic heterocycles. The monoisotopic (exact) mass is 298 g/mol. The van der Waals surface area contributed by atoms with Gasteiger partial charge in [-0.05, 0) is 20.8 Å². The van der Waals surface area contributed by atoms with Gasteiger partial charge in [0.15, 0.2) is 5.70 Å². The van der Waals surface area contributed by atoms with Gasteiger partial charge < -0.3 is 19.5 Å². The summed E-state index contributed by atoms with van der Waals surface area (Å²) in [6.07, 6.45) is 2.53. The van der Waals surface area contributed by atoms with Crippen molar-refractivity contribution in [2.45, 2.75) is 20.8 Å². The van der Waals surface area contributed by atoms with Crippen LogP contribution in [0.15, 0.2) is 28.2 Å². The first kappa shape index (κ1) is 18.7. The third-order valence-corrected chi connectivity index (χ3v) is 2.08. The third-order valence-electron chi connectivity index (χ3n) is 2.08. The van der Waals surface area contributed by atoms with Crippen LogP contribution in [0.5, 0.6) is 0 Å². The summed E-state index contributed by atoms with van der Waals surface area (Å²) in [7, 11) is 3.43. The van der Waals surface area contributed by atoms with Gasteiger partial charge in [-0.15, -0.1) is 0 Å². The van der Waals surface area contributed by atoms with Crippen LogP contribution in [0.1, 0.15) is 20.8 Å². The number of esters is 2. The smallest absolute Gasteiger partial charge is 0.358 e. The molecule has 0 aliphatic carbocycles. The van der Waals surface area contributed by atoms with Gasteiger partial charge in [0.25, 0.3) is 0 Å². The van der Waals surface area contributed by atoms with Crippen LogP contribution in [-0.2, 0) is 19.1 Å². The summed E-state index contributed by atoms with van der Waals surface area (Å²) < 4.78 is 9.66. The van der Waals surface area contributed by atoms with Gasteiger partial charge in [-0.2, -0.15) is 0 Å². The highest BCUT2D eigenvalue weighted by Gasteiger charge is 2.14. The maximum atomic E-state index is 11.7. The number of rotatable bonds is 7. The van der Waals surface area contributed by atoms with Crippen molar-refractivity contribution in [2.24, 2.45) is 4.99 Å². The fourth-order valence-corrected chi connectivity index (χ4v) is 1.23. The van der Waals surface area contributed by atoms with Crippen molar-refractivity contribution in [2.75, 3.05) is 27.3 Å². The molecule has 7 heteroatoms. The Morgan fingerprint density at radius 3 is 2.10 bits per heavy atom. The number of aliphatic hydroxyl groups is 1. The summed E-state index contributed by atoms with van der Waals surface area (Å²) in [5, 5.41) is 9.49. The van der Waals surface area contributed by atoms with Gasteiger partial charge in [-0.1, -0.05) is 0 Å². The van der Waals surface area contributed by atoms with E-state index in [1.54, 1.807) is 32.8 Å². The van der Waals surface area contributed by atoms with E-state index in [0.717, 1.165) is 6.21 Å². The second-order valence-corrected chi connectivity index (χ2v) is 4.18. The Morgan fingerprint density at radius 1 is 1.14 bits per heavy atom. The number of nitrogens with zero attached hydrogens (tertiary/aromatic N) is 2. The molecule has 0 rings (SSSR count). The van der Waals surface area contributed by atoms with E-state index in [-0.39, 0.29) is 30.2 Å². The van der Waals surface area contributed by atoms with E-state index < -0.39 is 11.9 Å². The minimum Gasteiger partial charge on any atom is -0.512 e. The number of carbonyl (C=O) groups excluding carboxylic acids is 2. The first-order valence-electron chi connectivity index (χ1n) is 6.49. The normalized spacial score (nSPS) is 12.9. The number of aliphatic imine (C=N–C) groups is 1. The summed E-state index contributed by atoms with van der Waals surface area (Å²) in [6, 6.07) is 0. The van der Waals surface area contributed by atoms with Crippen molar-refractivity contribution in [3.05, 3.63) is 23.2 Å². The van der Waals surface area contributed by atoms with E-state index in [1.807, 2.05) is 0 Å². The van der Waals surface area contributed by atoms with Crippen LogP contribution in [0.25, 0.3) is 0 Å². The van der Waals surface area contributed by atoms with Crippen molar-refractivity contribution in [1.82, 2.24) is 4.90 Å². The molecule has 0 amide bonds. The molecule has 21 heavy (non-hydrogen) atoms. The lowest BCUT2D eigenvalue weighted by atomic mass is 10.2. The number of ether oxygens (including phenoxy) is 2. The Hall–Kier alpha value is -2.31. The fraction of sp³-hybridized carbons (Fsp3) is 0.500. The third kappa shape index (κ3) is 7.14. The van der Waals surface area contributed by atoms with Gasteiger partial charge in [0.05, 0.1) is 13.2 Å². The van der Waals surface area contributed by atoms with Crippen molar-refractivity contribution in [3.8, 4) is 0 Å². The predicted octanol–water partition coefficient (Wildman–Crippen LogP) is 1.42. The number of hydrogen-bond acceptors (Lipinski definition) is 7. The van der Waals surface area contributed by atoms with Crippen molar-refractivity contribution >= 4 is 18.2 Å². The van der Waals surface area contributed by atoms with E-state index in [2.05, 4.69) is 4.99 Å². The molecule has 0 saturated carbocycles. The highest BCUT2D eigenvalue weighted by molar-refractivity contribution is 6.10.